The maximum atomic E-state index is 11.3. The molecule has 1 aliphatic heterocycles. The molecular weight excluding hydrogens is 253 g/mol. The van der Waals surface area contributed by atoms with Gasteiger partial charge < -0.3 is 4.90 Å². The van der Waals surface area contributed by atoms with E-state index in [0.717, 1.165) is 19.4 Å². The summed E-state index contributed by atoms with van der Waals surface area (Å²) in [6, 6.07) is 0.303. The Bertz CT molecular complexity index is 169. The minimum Gasteiger partial charge on any atom is -0.336 e. The van der Waals surface area contributed by atoms with Crippen LogP contribution in [-0.2, 0) is 4.79 Å². The highest BCUT2D eigenvalue weighted by molar-refractivity contribution is 14.1. The van der Waals surface area contributed by atoms with E-state index in [0.29, 0.717) is 10.5 Å². The molecule has 1 fully saturated rings. The maximum Gasteiger partial charge on any atom is 0.232 e. The Kier molecular flexibility index (Phi) is 3.36. The molecule has 3 heteroatoms. The number of rotatable bonds is 2. The summed E-state index contributed by atoms with van der Waals surface area (Å²) in [7, 11) is 0. The molecule has 0 aromatic rings. The molecule has 1 unspecified atom stereocenters. The first-order chi connectivity index (χ1) is 5.29. The maximum absolute atomic E-state index is 11.3. The SMILES string of the molecule is C=CC1CCCN1C(=O)CI. The predicted octanol–water partition coefficient (Wildman–Crippen LogP) is 1.60. The first-order valence-corrected chi connectivity index (χ1v) is 5.30. The van der Waals surface area contributed by atoms with Crippen molar-refractivity contribution in [3.05, 3.63) is 12.7 Å². The van der Waals surface area contributed by atoms with Gasteiger partial charge in [0.1, 0.15) is 0 Å². The second kappa shape index (κ2) is 4.09. The molecule has 1 heterocycles. The Morgan fingerprint density at radius 2 is 2.55 bits per heavy atom. The highest BCUT2D eigenvalue weighted by atomic mass is 127. The first kappa shape index (κ1) is 9.03. The van der Waals surface area contributed by atoms with Crippen molar-refractivity contribution in [2.45, 2.75) is 18.9 Å². The molecular formula is C8H12INO. The van der Waals surface area contributed by atoms with Gasteiger partial charge in [0.15, 0.2) is 0 Å². The Morgan fingerprint density at radius 3 is 3.09 bits per heavy atom. The van der Waals surface area contributed by atoms with Crippen LogP contribution in [0.5, 0.6) is 0 Å². The van der Waals surface area contributed by atoms with Crippen LogP contribution in [-0.4, -0.2) is 27.8 Å². The lowest BCUT2D eigenvalue weighted by atomic mass is 10.2. The predicted molar refractivity (Wildman–Crippen MR) is 53.8 cm³/mol. The van der Waals surface area contributed by atoms with E-state index in [2.05, 4.69) is 29.2 Å². The van der Waals surface area contributed by atoms with Gasteiger partial charge in [0, 0.05) is 12.6 Å². The van der Waals surface area contributed by atoms with Gasteiger partial charge in [0.25, 0.3) is 0 Å². The average molecular weight is 265 g/mol. The van der Waals surface area contributed by atoms with Gasteiger partial charge in [-0.05, 0) is 12.8 Å². The molecule has 0 aliphatic carbocycles. The number of amides is 1. The van der Waals surface area contributed by atoms with Crippen LogP contribution in [0.25, 0.3) is 0 Å². The fraction of sp³-hybridized carbons (Fsp3) is 0.625. The van der Waals surface area contributed by atoms with Crippen molar-refractivity contribution in [3.8, 4) is 0 Å². The number of alkyl halides is 1. The molecule has 2 nitrogen and oxygen atoms in total. The summed E-state index contributed by atoms with van der Waals surface area (Å²) in [6.45, 7) is 4.63. The molecule has 11 heavy (non-hydrogen) atoms. The highest BCUT2D eigenvalue weighted by Gasteiger charge is 2.24. The van der Waals surface area contributed by atoms with Gasteiger partial charge in [0.05, 0.1) is 4.43 Å². The second-order valence-electron chi connectivity index (χ2n) is 2.67. The zero-order chi connectivity index (χ0) is 8.27. The molecule has 1 atom stereocenters. The number of carbonyl (C=O) groups excluding carboxylic acids is 1. The Labute approximate surface area is 80.8 Å². The molecule has 1 aliphatic rings. The van der Waals surface area contributed by atoms with Crippen LogP contribution in [0.15, 0.2) is 12.7 Å². The summed E-state index contributed by atoms with van der Waals surface area (Å²) < 4.78 is 0.585. The van der Waals surface area contributed by atoms with Gasteiger partial charge in [-0.25, -0.2) is 0 Å². The van der Waals surface area contributed by atoms with Crippen molar-refractivity contribution >= 4 is 28.5 Å². The fourth-order valence-corrected chi connectivity index (χ4v) is 1.86. The molecule has 1 saturated heterocycles. The van der Waals surface area contributed by atoms with Crippen LogP contribution in [0.4, 0.5) is 0 Å². The lowest BCUT2D eigenvalue weighted by Crippen LogP contribution is -2.34. The van der Waals surface area contributed by atoms with Crippen LogP contribution >= 0.6 is 22.6 Å². The number of halogens is 1. The molecule has 0 radical (unpaired) electrons. The number of hydrogen-bond donors (Lipinski definition) is 0. The number of hydrogen-bond acceptors (Lipinski definition) is 1. The molecule has 0 spiro atoms. The lowest BCUT2D eigenvalue weighted by Gasteiger charge is -2.20. The van der Waals surface area contributed by atoms with E-state index in [-0.39, 0.29) is 5.91 Å². The van der Waals surface area contributed by atoms with Gasteiger partial charge in [-0.15, -0.1) is 6.58 Å². The quantitative estimate of drug-likeness (QED) is 0.422. The van der Waals surface area contributed by atoms with Crippen molar-refractivity contribution in [2.24, 2.45) is 0 Å². The number of nitrogens with zero attached hydrogens (tertiary/aromatic N) is 1. The van der Waals surface area contributed by atoms with E-state index in [1.54, 1.807) is 0 Å². The Balaban J connectivity index is 2.56. The van der Waals surface area contributed by atoms with E-state index in [1.165, 1.54) is 0 Å². The molecule has 1 rings (SSSR count). The van der Waals surface area contributed by atoms with Crippen molar-refractivity contribution < 1.29 is 4.79 Å². The minimum atomic E-state index is 0.244. The summed E-state index contributed by atoms with van der Waals surface area (Å²) in [5.74, 6) is 0.244. The molecule has 62 valence electrons. The smallest absolute Gasteiger partial charge is 0.232 e. The van der Waals surface area contributed by atoms with Crippen LogP contribution in [0, 0.1) is 0 Å². The molecule has 0 saturated carbocycles. The van der Waals surface area contributed by atoms with E-state index in [9.17, 15) is 4.79 Å². The monoisotopic (exact) mass is 265 g/mol. The summed E-state index contributed by atoms with van der Waals surface area (Å²) in [4.78, 5) is 13.2. The number of carbonyl (C=O) groups is 1. The Morgan fingerprint density at radius 1 is 1.82 bits per heavy atom. The minimum absolute atomic E-state index is 0.244. The summed E-state index contributed by atoms with van der Waals surface area (Å²) in [5, 5.41) is 0. The third kappa shape index (κ3) is 1.95. The summed E-state index contributed by atoms with van der Waals surface area (Å²) in [6.07, 6.45) is 4.09. The zero-order valence-electron chi connectivity index (χ0n) is 6.42. The molecule has 0 aromatic heterocycles. The lowest BCUT2D eigenvalue weighted by molar-refractivity contribution is -0.128. The van der Waals surface area contributed by atoms with Crippen LogP contribution in [0.3, 0.4) is 0 Å². The standard InChI is InChI=1S/C8H12INO/c1-2-7-4-3-5-10(7)8(11)6-9/h2,7H,1,3-6H2. The Hall–Kier alpha value is -0.0600. The normalized spacial score (nSPS) is 23.7. The molecule has 1 amide bonds. The van der Waals surface area contributed by atoms with Crippen LogP contribution in [0.1, 0.15) is 12.8 Å². The van der Waals surface area contributed by atoms with Gasteiger partial charge in [-0.1, -0.05) is 28.7 Å². The first-order valence-electron chi connectivity index (χ1n) is 3.77. The summed E-state index contributed by atoms with van der Waals surface area (Å²) >= 11 is 2.10. The topological polar surface area (TPSA) is 20.3 Å². The van der Waals surface area contributed by atoms with E-state index in [4.69, 9.17) is 0 Å². The van der Waals surface area contributed by atoms with Crippen molar-refractivity contribution in [1.29, 1.82) is 0 Å². The van der Waals surface area contributed by atoms with Gasteiger partial charge in [-0.3, -0.25) is 4.79 Å². The molecule has 0 aromatic carbocycles. The van der Waals surface area contributed by atoms with Crippen molar-refractivity contribution in [2.75, 3.05) is 11.0 Å². The van der Waals surface area contributed by atoms with E-state index >= 15 is 0 Å². The van der Waals surface area contributed by atoms with Crippen LogP contribution in [0.2, 0.25) is 0 Å². The van der Waals surface area contributed by atoms with Gasteiger partial charge in [-0.2, -0.15) is 0 Å². The van der Waals surface area contributed by atoms with Gasteiger partial charge in [0.2, 0.25) is 5.91 Å². The van der Waals surface area contributed by atoms with Gasteiger partial charge >= 0.3 is 0 Å². The fourth-order valence-electron chi connectivity index (χ4n) is 1.42. The number of likely N-dealkylation sites (tertiary alicyclic amines) is 1. The molecule has 0 N–H and O–H groups in total. The van der Waals surface area contributed by atoms with E-state index < -0.39 is 0 Å². The van der Waals surface area contributed by atoms with Crippen LogP contribution < -0.4 is 0 Å². The average Bonchev–Trinajstić information content (AvgIpc) is 2.50. The third-order valence-corrected chi connectivity index (χ3v) is 2.66. The van der Waals surface area contributed by atoms with Crippen molar-refractivity contribution in [1.82, 2.24) is 4.90 Å². The molecule has 0 bridgehead atoms. The third-order valence-electron chi connectivity index (χ3n) is 2.01. The van der Waals surface area contributed by atoms with Crippen molar-refractivity contribution in [3.63, 3.8) is 0 Å². The summed E-state index contributed by atoms with van der Waals surface area (Å²) in [5.41, 5.74) is 0. The second-order valence-corrected chi connectivity index (χ2v) is 3.43. The van der Waals surface area contributed by atoms with E-state index in [1.807, 2.05) is 11.0 Å². The largest absolute Gasteiger partial charge is 0.336 e. The highest BCUT2D eigenvalue weighted by Crippen LogP contribution is 2.18. The zero-order valence-corrected chi connectivity index (χ0v) is 8.58.